The van der Waals surface area contributed by atoms with E-state index in [0.717, 1.165) is 10.4 Å². The van der Waals surface area contributed by atoms with Gasteiger partial charge in [0.25, 0.3) is 8.32 Å². The average molecular weight is 525 g/mol. The predicted octanol–water partition coefficient (Wildman–Crippen LogP) is 4.84. The van der Waals surface area contributed by atoms with Crippen molar-refractivity contribution >= 4 is 30.7 Å². The van der Waals surface area contributed by atoms with E-state index in [4.69, 9.17) is 14.9 Å². The smallest absolute Gasteiger partial charge is 0.417 e. The van der Waals surface area contributed by atoms with E-state index in [1.54, 1.807) is 20.8 Å². The van der Waals surface area contributed by atoms with Crippen molar-refractivity contribution in [2.45, 2.75) is 90.5 Å². The van der Waals surface area contributed by atoms with Gasteiger partial charge in [0.1, 0.15) is 5.60 Å². The number of amides is 2. The molecule has 1 aliphatic heterocycles. The van der Waals surface area contributed by atoms with E-state index in [9.17, 15) is 9.59 Å². The van der Waals surface area contributed by atoms with E-state index in [1.165, 1.54) is 4.90 Å². The van der Waals surface area contributed by atoms with Gasteiger partial charge in [-0.3, -0.25) is 4.79 Å². The zero-order valence-electron chi connectivity index (χ0n) is 23.7. The fraction of sp³-hybridized carbons (Fsp3) is 0.533. The molecular weight excluding hydrogens is 480 g/mol. The minimum absolute atomic E-state index is 0.0774. The minimum Gasteiger partial charge on any atom is -0.443 e. The summed E-state index contributed by atoms with van der Waals surface area (Å²) in [4.78, 5) is 27.9. The fourth-order valence-electron chi connectivity index (χ4n) is 5.28. The summed E-state index contributed by atoms with van der Waals surface area (Å²) < 4.78 is 12.8. The van der Waals surface area contributed by atoms with Crippen LogP contribution in [0.25, 0.3) is 0 Å². The molecule has 0 aliphatic carbocycles. The quantitative estimate of drug-likeness (QED) is 0.547. The van der Waals surface area contributed by atoms with Crippen molar-refractivity contribution < 1.29 is 18.8 Å². The predicted molar refractivity (Wildman–Crippen MR) is 151 cm³/mol. The molecule has 2 N–H and O–H groups in total. The van der Waals surface area contributed by atoms with E-state index in [-0.39, 0.29) is 29.9 Å². The monoisotopic (exact) mass is 524 g/mol. The topological polar surface area (TPSA) is 81.9 Å². The highest BCUT2D eigenvalue weighted by Gasteiger charge is 2.52. The summed E-state index contributed by atoms with van der Waals surface area (Å²) in [7, 11) is -2.86. The molecule has 2 amide bonds. The summed E-state index contributed by atoms with van der Waals surface area (Å²) >= 11 is 0. The summed E-state index contributed by atoms with van der Waals surface area (Å²) in [5.74, 6) is -0.341. The van der Waals surface area contributed by atoms with Gasteiger partial charge >= 0.3 is 6.09 Å². The highest BCUT2D eigenvalue weighted by atomic mass is 28.4. The third-order valence-corrected chi connectivity index (χ3v) is 12.2. The first-order valence-corrected chi connectivity index (χ1v) is 15.1. The van der Waals surface area contributed by atoms with Crippen molar-refractivity contribution in [1.82, 2.24) is 4.90 Å². The SMILES string of the molecule is CC(C)(C)OC(=O)N1C(=O)C[C@H](C(C)(C)N)C[C@H]1CO[Si](c1ccccc1)(c1ccccc1)C(C)(C)C. The molecule has 7 heteroatoms. The lowest BCUT2D eigenvalue weighted by atomic mass is 9.78. The maximum atomic E-state index is 13.4. The van der Waals surface area contributed by atoms with Gasteiger partial charge < -0.3 is 14.9 Å². The highest BCUT2D eigenvalue weighted by Crippen LogP contribution is 2.38. The van der Waals surface area contributed by atoms with Gasteiger partial charge in [0.05, 0.1) is 12.6 Å². The van der Waals surface area contributed by atoms with Gasteiger partial charge in [0.15, 0.2) is 0 Å². The van der Waals surface area contributed by atoms with Crippen molar-refractivity contribution in [1.29, 1.82) is 0 Å². The molecule has 0 unspecified atom stereocenters. The number of ether oxygens (including phenoxy) is 1. The molecule has 0 bridgehead atoms. The van der Waals surface area contributed by atoms with Crippen LogP contribution in [0, 0.1) is 5.92 Å². The van der Waals surface area contributed by atoms with E-state index < -0.39 is 31.6 Å². The number of likely N-dealkylation sites (tertiary alicyclic amines) is 1. The van der Waals surface area contributed by atoms with E-state index in [2.05, 4.69) is 45.0 Å². The van der Waals surface area contributed by atoms with E-state index in [0.29, 0.717) is 6.42 Å². The molecule has 1 saturated heterocycles. The van der Waals surface area contributed by atoms with Gasteiger partial charge in [0.2, 0.25) is 5.91 Å². The lowest BCUT2D eigenvalue weighted by Gasteiger charge is -2.46. The molecule has 1 fully saturated rings. The maximum Gasteiger partial charge on any atom is 0.417 e. The van der Waals surface area contributed by atoms with Crippen LogP contribution in [0.3, 0.4) is 0 Å². The molecule has 6 nitrogen and oxygen atoms in total. The van der Waals surface area contributed by atoms with Gasteiger partial charge in [-0.1, -0.05) is 81.4 Å². The summed E-state index contributed by atoms with van der Waals surface area (Å²) in [5.41, 5.74) is 5.19. The molecule has 202 valence electrons. The number of imide groups is 1. The number of nitrogens with zero attached hydrogens (tertiary/aromatic N) is 1. The van der Waals surface area contributed by atoms with Crippen molar-refractivity contribution in [2.24, 2.45) is 11.7 Å². The van der Waals surface area contributed by atoms with Crippen LogP contribution in [-0.2, 0) is 14.0 Å². The van der Waals surface area contributed by atoms with Crippen molar-refractivity contribution in [2.75, 3.05) is 6.61 Å². The van der Waals surface area contributed by atoms with Crippen LogP contribution in [0.1, 0.15) is 68.2 Å². The Labute approximate surface area is 223 Å². The number of rotatable bonds is 6. The second-order valence-electron chi connectivity index (χ2n) is 12.8. The van der Waals surface area contributed by atoms with E-state index in [1.807, 2.05) is 50.2 Å². The Bertz CT molecular complexity index is 1030. The molecule has 0 aromatic heterocycles. The lowest BCUT2D eigenvalue weighted by molar-refractivity contribution is -0.139. The molecule has 1 aliphatic rings. The van der Waals surface area contributed by atoms with Crippen LogP contribution >= 0.6 is 0 Å². The van der Waals surface area contributed by atoms with Crippen LogP contribution < -0.4 is 16.1 Å². The number of hydrogen-bond acceptors (Lipinski definition) is 5. The van der Waals surface area contributed by atoms with E-state index >= 15 is 0 Å². The number of piperidine rings is 1. The normalized spacial score (nSPS) is 19.6. The second kappa shape index (κ2) is 10.7. The van der Waals surface area contributed by atoms with Crippen molar-refractivity contribution in [3.05, 3.63) is 60.7 Å². The average Bonchev–Trinajstić information content (AvgIpc) is 2.78. The zero-order valence-corrected chi connectivity index (χ0v) is 24.7. The lowest BCUT2D eigenvalue weighted by Crippen LogP contribution is -2.68. The standard InChI is InChI=1S/C30H44N2O4Si/c1-28(2,3)36-27(34)32-23(19-22(20-26(32)33)30(7,8)31)21-35-37(29(4,5)6,24-15-11-9-12-16-24)25-17-13-10-14-18-25/h9-18,22-23H,19-21,31H2,1-8H3/t22-,23+/m1/s1. The molecule has 0 radical (unpaired) electrons. The first kappa shape index (κ1) is 29.1. The number of hydrogen-bond donors (Lipinski definition) is 1. The third kappa shape index (κ3) is 6.51. The Morgan fingerprint density at radius 1 is 0.919 bits per heavy atom. The molecule has 37 heavy (non-hydrogen) atoms. The Hall–Kier alpha value is -2.48. The van der Waals surface area contributed by atoms with Crippen molar-refractivity contribution in [3.8, 4) is 0 Å². The number of carbonyl (C=O) groups is 2. The molecule has 3 rings (SSSR count). The molecule has 0 spiro atoms. The fourth-order valence-corrected chi connectivity index (χ4v) is 9.88. The summed E-state index contributed by atoms with van der Waals surface area (Å²) in [5, 5.41) is 2.07. The Morgan fingerprint density at radius 3 is 1.81 bits per heavy atom. The van der Waals surface area contributed by atoms with Crippen LogP contribution in [0.5, 0.6) is 0 Å². The van der Waals surface area contributed by atoms with Crippen molar-refractivity contribution in [3.63, 3.8) is 0 Å². The first-order chi connectivity index (χ1) is 17.1. The number of benzene rings is 2. The van der Waals surface area contributed by atoms with Gasteiger partial charge in [-0.05, 0) is 62.4 Å². The largest absolute Gasteiger partial charge is 0.443 e. The summed E-state index contributed by atoms with van der Waals surface area (Å²) in [6.45, 7) is 16.1. The van der Waals surface area contributed by atoms with Gasteiger partial charge in [-0.25, -0.2) is 9.69 Å². The summed E-state index contributed by atoms with van der Waals surface area (Å²) in [6.07, 6.45) is 0.146. The van der Waals surface area contributed by atoms with Gasteiger partial charge in [0, 0.05) is 12.0 Å². The Balaban J connectivity index is 2.07. The molecule has 2 aromatic rings. The molecule has 0 saturated carbocycles. The van der Waals surface area contributed by atoms with Crippen LogP contribution in [0.4, 0.5) is 4.79 Å². The van der Waals surface area contributed by atoms with Crippen LogP contribution in [0.2, 0.25) is 5.04 Å². The Kier molecular flexibility index (Phi) is 8.42. The molecule has 2 atom stereocenters. The van der Waals surface area contributed by atoms with Crippen LogP contribution in [0.15, 0.2) is 60.7 Å². The maximum absolute atomic E-state index is 13.4. The van der Waals surface area contributed by atoms with Gasteiger partial charge in [-0.2, -0.15) is 0 Å². The van der Waals surface area contributed by atoms with Crippen LogP contribution in [-0.4, -0.2) is 49.0 Å². The Morgan fingerprint density at radius 2 is 1.41 bits per heavy atom. The summed E-state index contributed by atoms with van der Waals surface area (Å²) in [6, 6.07) is 20.2. The highest BCUT2D eigenvalue weighted by molar-refractivity contribution is 6.99. The second-order valence-corrected chi connectivity index (χ2v) is 17.1. The number of nitrogens with two attached hydrogens (primary N) is 1. The molecule has 2 aromatic carbocycles. The molecular formula is C30H44N2O4Si. The number of carbonyl (C=O) groups excluding carboxylic acids is 2. The third-order valence-electron chi connectivity index (χ3n) is 7.16. The zero-order chi connectivity index (χ0) is 27.6. The minimum atomic E-state index is -2.86. The molecule has 1 heterocycles. The van der Waals surface area contributed by atoms with Gasteiger partial charge in [-0.15, -0.1) is 0 Å². The first-order valence-electron chi connectivity index (χ1n) is 13.1.